The highest BCUT2D eigenvalue weighted by molar-refractivity contribution is 8.16. The summed E-state index contributed by atoms with van der Waals surface area (Å²) in [6.45, 7) is 0. The molecule has 0 aliphatic carbocycles. The van der Waals surface area contributed by atoms with Gasteiger partial charge in [0.25, 0.3) is 10.0 Å². The molecular weight excluding hydrogens is 525 g/mol. The van der Waals surface area contributed by atoms with E-state index in [0.717, 1.165) is 23.1 Å². The summed E-state index contributed by atoms with van der Waals surface area (Å²) in [5, 5.41) is 2.36. The van der Waals surface area contributed by atoms with Crippen molar-refractivity contribution in [1.29, 1.82) is 0 Å². The number of anilines is 2. The molecule has 2 heterocycles. The molecule has 7 nitrogen and oxygen atoms in total. The van der Waals surface area contributed by atoms with E-state index in [0.29, 0.717) is 20.7 Å². The van der Waals surface area contributed by atoms with E-state index < -0.39 is 27.1 Å². The number of benzene rings is 2. The van der Waals surface area contributed by atoms with Gasteiger partial charge < -0.3 is 5.32 Å². The Balaban J connectivity index is 1.61. The maximum Gasteiger partial charge on any atom is 0.294 e. The second-order valence-corrected chi connectivity index (χ2v) is 11.9. The Morgan fingerprint density at radius 3 is 2.36 bits per heavy atom. The number of nitrogens with one attached hydrogen (secondary N) is 1. The molecule has 0 radical (unpaired) electrons. The van der Waals surface area contributed by atoms with Gasteiger partial charge in [-0.05, 0) is 48.5 Å². The molecule has 1 fully saturated rings. The van der Waals surface area contributed by atoms with Crippen LogP contribution in [-0.2, 0) is 19.6 Å². The number of rotatable bonds is 6. The van der Waals surface area contributed by atoms with Crippen molar-refractivity contribution in [2.24, 2.45) is 4.40 Å². The van der Waals surface area contributed by atoms with Crippen LogP contribution in [0.4, 0.5) is 11.4 Å². The number of sulfonamides is 1. The fourth-order valence-electron chi connectivity index (χ4n) is 2.97. The average Bonchev–Trinajstić information content (AvgIpc) is 3.34. The Morgan fingerprint density at radius 1 is 1.03 bits per heavy atom. The Labute approximate surface area is 208 Å². The van der Waals surface area contributed by atoms with E-state index >= 15 is 0 Å². The number of thiophene rings is 1. The zero-order valence-corrected chi connectivity index (χ0v) is 20.6. The standard InChI is InChI=1S/C21H15Cl2N3O4S3/c22-13-6-8-14(9-7-13)24-18(27)12-16-20(28)26(15-4-2-1-3-5-15)21(31-16)25-33(29,30)19-11-10-17(23)32-19/h1-11,16H,12H2,(H,24,27)/b25-21+. The number of halogens is 2. The van der Waals surface area contributed by atoms with E-state index in [1.807, 2.05) is 0 Å². The number of nitrogens with zero attached hydrogens (tertiary/aromatic N) is 2. The predicted molar refractivity (Wildman–Crippen MR) is 134 cm³/mol. The topological polar surface area (TPSA) is 95.9 Å². The zero-order valence-electron chi connectivity index (χ0n) is 16.6. The third-order valence-corrected chi connectivity index (χ3v) is 8.92. The largest absolute Gasteiger partial charge is 0.326 e. The molecular formula is C21H15Cl2N3O4S3. The van der Waals surface area contributed by atoms with Crippen LogP contribution in [0.15, 0.2) is 75.3 Å². The molecule has 0 spiro atoms. The van der Waals surface area contributed by atoms with Gasteiger partial charge in [-0.2, -0.15) is 8.42 Å². The highest BCUT2D eigenvalue weighted by Gasteiger charge is 2.41. The van der Waals surface area contributed by atoms with Crippen molar-refractivity contribution in [3.8, 4) is 0 Å². The van der Waals surface area contributed by atoms with Crippen LogP contribution in [0, 0.1) is 0 Å². The van der Waals surface area contributed by atoms with Crippen LogP contribution < -0.4 is 10.2 Å². The molecule has 1 atom stereocenters. The minimum absolute atomic E-state index is 0.0278. The highest BCUT2D eigenvalue weighted by atomic mass is 35.5. The first-order chi connectivity index (χ1) is 15.7. The van der Waals surface area contributed by atoms with Gasteiger partial charge in [0.15, 0.2) is 5.17 Å². The molecule has 1 N–H and O–H groups in total. The molecule has 33 heavy (non-hydrogen) atoms. The summed E-state index contributed by atoms with van der Waals surface area (Å²) < 4.78 is 29.8. The van der Waals surface area contributed by atoms with Gasteiger partial charge in [0.05, 0.1) is 10.0 Å². The van der Waals surface area contributed by atoms with Crippen LogP contribution in [0.1, 0.15) is 6.42 Å². The number of hydrogen-bond donors (Lipinski definition) is 1. The lowest BCUT2D eigenvalue weighted by molar-refractivity contribution is -0.121. The number of amides is 2. The number of para-hydroxylation sites is 1. The van der Waals surface area contributed by atoms with Gasteiger partial charge in [0.2, 0.25) is 11.8 Å². The predicted octanol–water partition coefficient (Wildman–Crippen LogP) is 5.28. The summed E-state index contributed by atoms with van der Waals surface area (Å²) >= 11 is 13.5. The quantitative estimate of drug-likeness (QED) is 0.459. The van der Waals surface area contributed by atoms with Crippen molar-refractivity contribution in [3.05, 3.63) is 76.1 Å². The van der Waals surface area contributed by atoms with Crippen LogP contribution in [0.25, 0.3) is 0 Å². The molecule has 2 aromatic carbocycles. The van der Waals surface area contributed by atoms with Crippen molar-refractivity contribution in [2.45, 2.75) is 15.9 Å². The minimum Gasteiger partial charge on any atom is -0.326 e. The molecule has 3 aromatic rings. The summed E-state index contributed by atoms with van der Waals surface area (Å²) in [4.78, 5) is 27.0. The number of thioether (sulfide) groups is 1. The molecule has 2 amide bonds. The molecule has 1 saturated heterocycles. The van der Waals surface area contributed by atoms with Gasteiger partial charge in [-0.3, -0.25) is 14.5 Å². The molecule has 4 rings (SSSR count). The Morgan fingerprint density at radius 2 is 1.73 bits per heavy atom. The Hall–Kier alpha value is -2.37. The van der Waals surface area contributed by atoms with E-state index in [2.05, 4.69) is 9.71 Å². The third kappa shape index (κ3) is 5.59. The van der Waals surface area contributed by atoms with Crippen LogP contribution in [-0.4, -0.2) is 30.6 Å². The fourth-order valence-corrected chi connectivity index (χ4v) is 6.89. The molecule has 1 aliphatic heterocycles. The summed E-state index contributed by atoms with van der Waals surface area (Å²) in [5.41, 5.74) is 0.986. The number of carbonyl (C=O) groups excluding carboxylic acids is 2. The molecule has 12 heteroatoms. The van der Waals surface area contributed by atoms with Crippen molar-refractivity contribution >= 4 is 84.7 Å². The molecule has 170 valence electrons. The SMILES string of the molecule is O=C(CC1S/C(=N/S(=O)(=O)c2ccc(Cl)s2)N(c2ccccc2)C1=O)Nc1ccc(Cl)cc1. The van der Waals surface area contributed by atoms with Gasteiger partial charge in [-0.1, -0.05) is 53.2 Å². The van der Waals surface area contributed by atoms with E-state index in [-0.39, 0.29) is 15.8 Å². The maximum absolute atomic E-state index is 13.2. The van der Waals surface area contributed by atoms with E-state index in [1.165, 1.54) is 17.0 Å². The molecule has 0 bridgehead atoms. The Kier molecular flexibility index (Phi) is 7.10. The first-order valence-electron chi connectivity index (χ1n) is 9.44. The van der Waals surface area contributed by atoms with Gasteiger partial charge in [-0.15, -0.1) is 15.7 Å². The van der Waals surface area contributed by atoms with Gasteiger partial charge in [0, 0.05) is 17.1 Å². The second-order valence-electron chi connectivity index (χ2n) is 6.78. The third-order valence-electron chi connectivity index (χ3n) is 4.45. The van der Waals surface area contributed by atoms with E-state index in [4.69, 9.17) is 23.2 Å². The lowest BCUT2D eigenvalue weighted by Crippen LogP contribution is -2.33. The summed E-state index contributed by atoms with van der Waals surface area (Å²) in [6.07, 6.45) is -0.167. The second kappa shape index (κ2) is 9.86. The minimum atomic E-state index is -4.10. The lowest BCUT2D eigenvalue weighted by atomic mass is 10.2. The van der Waals surface area contributed by atoms with Crippen molar-refractivity contribution in [3.63, 3.8) is 0 Å². The van der Waals surface area contributed by atoms with Gasteiger partial charge in [0.1, 0.15) is 9.46 Å². The number of amidine groups is 1. The van der Waals surface area contributed by atoms with E-state index in [1.54, 1.807) is 54.6 Å². The smallest absolute Gasteiger partial charge is 0.294 e. The van der Waals surface area contributed by atoms with Crippen LogP contribution >= 0.6 is 46.3 Å². The normalized spacial score (nSPS) is 17.5. The van der Waals surface area contributed by atoms with Gasteiger partial charge in [-0.25, -0.2) is 0 Å². The summed E-state index contributed by atoms with van der Waals surface area (Å²) in [5.74, 6) is -0.832. The summed E-state index contributed by atoms with van der Waals surface area (Å²) in [6, 6.07) is 17.9. The van der Waals surface area contributed by atoms with Gasteiger partial charge >= 0.3 is 0 Å². The van der Waals surface area contributed by atoms with Crippen LogP contribution in [0.2, 0.25) is 9.36 Å². The monoisotopic (exact) mass is 539 g/mol. The highest BCUT2D eigenvalue weighted by Crippen LogP contribution is 2.36. The number of carbonyl (C=O) groups is 2. The first kappa shape index (κ1) is 23.8. The average molecular weight is 540 g/mol. The Bertz CT molecular complexity index is 1330. The summed E-state index contributed by atoms with van der Waals surface area (Å²) in [7, 11) is -4.10. The molecule has 1 aromatic heterocycles. The maximum atomic E-state index is 13.2. The van der Waals surface area contributed by atoms with Crippen LogP contribution in [0.3, 0.4) is 0 Å². The number of hydrogen-bond acceptors (Lipinski definition) is 6. The van der Waals surface area contributed by atoms with E-state index in [9.17, 15) is 18.0 Å². The molecule has 0 saturated carbocycles. The van der Waals surface area contributed by atoms with Crippen molar-refractivity contribution in [2.75, 3.05) is 10.2 Å². The molecule has 1 aliphatic rings. The van der Waals surface area contributed by atoms with Crippen molar-refractivity contribution in [1.82, 2.24) is 0 Å². The molecule has 1 unspecified atom stereocenters. The zero-order chi connectivity index (χ0) is 23.6. The van der Waals surface area contributed by atoms with Crippen LogP contribution in [0.5, 0.6) is 0 Å². The first-order valence-corrected chi connectivity index (χ1v) is 13.3. The fraction of sp³-hybridized carbons (Fsp3) is 0.0952. The lowest BCUT2D eigenvalue weighted by Gasteiger charge is -2.16. The van der Waals surface area contributed by atoms with Crippen molar-refractivity contribution < 1.29 is 18.0 Å².